The molecule has 1 aromatic rings. The summed E-state index contributed by atoms with van der Waals surface area (Å²) in [6.07, 6.45) is 0. The molecule has 0 atom stereocenters. The Balaban J connectivity index is 2.54. The van der Waals surface area contributed by atoms with Gasteiger partial charge in [-0.1, -0.05) is 6.07 Å². The highest BCUT2D eigenvalue weighted by Crippen LogP contribution is 2.38. The lowest BCUT2D eigenvalue weighted by molar-refractivity contribution is 0.503. The molecule has 76 valence electrons. The molecule has 1 aromatic carbocycles. The van der Waals surface area contributed by atoms with Crippen molar-refractivity contribution in [3.8, 4) is 0 Å². The van der Waals surface area contributed by atoms with Crippen LogP contribution in [0.3, 0.4) is 0 Å². The zero-order valence-corrected chi connectivity index (χ0v) is 8.96. The summed E-state index contributed by atoms with van der Waals surface area (Å²) in [4.78, 5) is 2.24. The van der Waals surface area contributed by atoms with Crippen molar-refractivity contribution in [2.24, 2.45) is 0 Å². The number of hydrogen-bond donors (Lipinski definition) is 2. The molecule has 0 saturated carbocycles. The van der Waals surface area contributed by atoms with Gasteiger partial charge in [0.15, 0.2) is 0 Å². The van der Waals surface area contributed by atoms with E-state index in [2.05, 4.69) is 37.2 Å². The van der Waals surface area contributed by atoms with E-state index in [1.165, 1.54) is 0 Å². The fourth-order valence-electron chi connectivity index (χ4n) is 1.81. The minimum Gasteiger partial charge on any atom is -0.397 e. The minimum atomic E-state index is 0.114. The van der Waals surface area contributed by atoms with E-state index in [0.29, 0.717) is 0 Å². The Hall–Kier alpha value is -1.38. The number of nitrogens with zero attached hydrogens (tertiary/aromatic N) is 1. The molecule has 3 nitrogen and oxygen atoms in total. The Morgan fingerprint density at radius 2 is 2.14 bits per heavy atom. The fraction of sp³-hybridized carbons (Fsp3) is 0.455. The van der Waals surface area contributed by atoms with Crippen LogP contribution in [-0.4, -0.2) is 19.1 Å². The maximum Gasteiger partial charge on any atom is 0.0837 e. The van der Waals surface area contributed by atoms with Gasteiger partial charge in [-0.15, -0.1) is 0 Å². The van der Waals surface area contributed by atoms with Gasteiger partial charge in [0, 0.05) is 13.6 Å². The summed E-state index contributed by atoms with van der Waals surface area (Å²) in [6, 6.07) is 5.99. The first-order chi connectivity index (χ1) is 6.52. The van der Waals surface area contributed by atoms with E-state index in [0.717, 1.165) is 23.6 Å². The van der Waals surface area contributed by atoms with Crippen LogP contribution < -0.4 is 16.0 Å². The van der Waals surface area contributed by atoms with Gasteiger partial charge >= 0.3 is 0 Å². The second kappa shape index (κ2) is 2.80. The lowest BCUT2D eigenvalue weighted by atomic mass is 9.98. The van der Waals surface area contributed by atoms with Gasteiger partial charge in [-0.25, -0.2) is 0 Å². The van der Waals surface area contributed by atoms with Gasteiger partial charge in [-0.05, 0) is 26.0 Å². The van der Waals surface area contributed by atoms with Crippen molar-refractivity contribution in [2.45, 2.75) is 19.4 Å². The number of nitrogens with two attached hydrogens (primary N) is 1. The van der Waals surface area contributed by atoms with Crippen LogP contribution in [0, 0.1) is 0 Å². The molecule has 0 aliphatic carbocycles. The second-order valence-electron chi connectivity index (χ2n) is 4.47. The molecule has 0 bridgehead atoms. The second-order valence-corrected chi connectivity index (χ2v) is 4.47. The standard InChI is InChI=1S/C11H17N3/c1-11(2)7-13-9-6-4-5-8(12)10(9)14(11)3/h4-6,13H,7,12H2,1-3H3. The zero-order chi connectivity index (χ0) is 10.3. The van der Waals surface area contributed by atoms with E-state index < -0.39 is 0 Å². The molecule has 3 N–H and O–H groups in total. The molecule has 2 rings (SSSR count). The smallest absolute Gasteiger partial charge is 0.0837 e. The molecule has 0 aromatic heterocycles. The third-order valence-electron chi connectivity index (χ3n) is 3.02. The lowest BCUT2D eigenvalue weighted by Gasteiger charge is -2.43. The maximum absolute atomic E-state index is 5.97. The Labute approximate surface area is 84.9 Å². The van der Waals surface area contributed by atoms with Gasteiger partial charge < -0.3 is 16.0 Å². The molecule has 0 amide bonds. The molecule has 0 spiro atoms. The molecule has 1 aliphatic rings. The molecule has 14 heavy (non-hydrogen) atoms. The molecule has 0 fully saturated rings. The topological polar surface area (TPSA) is 41.3 Å². The summed E-state index contributed by atoms with van der Waals surface area (Å²) in [7, 11) is 2.09. The van der Waals surface area contributed by atoms with Crippen LogP contribution in [0.25, 0.3) is 0 Å². The summed E-state index contributed by atoms with van der Waals surface area (Å²) in [5.41, 5.74) is 9.17. The van der Waals surface area contributed by atoms with E-state index in [4.69, 9.17) is 5.73 Å². The van der Waals surface area contributed by atoms with Crippen molar-refractivity contribution in [2.75, 3.05) is 29.5 Å². The zero-order valence-electron chi connectivity index (χ0n) is 8.96. The van der Waals surface area contributed by atoms with Crippen LogP contribution in [0.4, 0.5) is 17.1 Å². The van der Waals surface area contributed by atoms with E-state index in [1.807, 2.05) is 12.1 Å². The molecular weight excluding hydrogens is 174 g/mol. The summed E-state index contributed by atoms with van der Waals surface area (Å²) < 4.78 is 0. The first-order valence-corrected chi connectivity index (χ1v) is 4.88. The van der Waals surface area contributed by atoms with Crippen molar-refractivity contribution in [1.82, 2.24) is 0 Å². The highest BCUT2D eigenvalue weighted by atomic mass is 15.2. The predicted octanol–water partition coefficient (Wildman–Crippen LogP) is 1.91. The number of nitrogen functional groups attached to an aromatic ring is 1. The highest BCUT2D eigenvalue weighted by Gasteiger charge is 2.30. The van der Waals surface area contributed by atoms with E-state index in [9.17, 15) is 0 Å². The first kappa shape index (κ1) is 9.19. The summed E-state index contributed by atoms with van der Waals surface area (Å²) in [5.74, 6) is 0. The predicted molar refractivity (Wildman–Crippen MR) is 61.8 cm³/mol. The SMILES string of the molecule is CN1c2c(N)cccc2NCC1(C)C. The Morgan fingerprint density at radius 3 is 2.86 bits per heavy atom. The molecule has 0 radical (unpaired) electrons. The minimum absolute atomic E-state index is 0.114. The largest absolute Gasteiger partial charge is 0.397 e. The molecule has 3 heteroatoms. The third-order valence-corrected chi connectivity index (χ3v) is 3.02. The van der Waals surface area contributed by atoms with Gasteiger partial charge in [-0.3, -0.25) is 0 Å². The maximum atomic E-state index is 5.97. The number of likely N-dealkylation sites (N-methyl/N-ethyl adjacent to an activating group) is 1. The number of benzene rings is 1. The Kier molecular flexibility index (Phi) is 1.84. The highest BCUT2D eigenvalue weighted by molar-refractivity contribution is 5.84. The first-order valence-electron chi connectivity index (χ1n) is 4.88. The molecular formula is C11H17N3. The van der Waals surface area contributed by atoms with Gasteiger partial charge in [0.2, 0.25) is 0 Å². The number of fused-ring (bicyclic) bond motifs is 1. The van der Waals surface area contributed by atoms with Crippen molar-refractivity contribution >= 4 is 17.1 Å². The third kappa shape index (κ3) is 1.20. The number of rotatable bonds is 0. The normalized spacial score (nSPS) is 18.6. The summed E-state index contributed by atoms with van der Waals surface area (Å²) in [6.45, 7) is 5.35. The van der Waals surface area contributed by atoms with Crippen molar-refractivity contribution < 1.29 is 0 Å². The van der Waals surface area contributed by atoms with Crippen molar-refractivity contribution in [3.63, 3.8) is 0 Å². The quantitative estimate of drug-likeness (QED) is 0.615. The van der Waals surface area contributed by atoms with Crippen molar-refractivity contribution in [1.29, 1.82) is 0 Å². The average molecular weight is 191 g/mol. The van der Waals surface area contributed by atoms with Crippen LogP contribution >= 0.6 is 0 Å². The number of para-hydroxylation sites is 1. The van der Waals surface area contributed by atoms with E-state index in [1.54, 1.807) is 0 Å². The summed E-state index contributed by atoms with van der Waals surface area (Å²) >= 11 is 0. The van der Waals surface area contributed by atoms with Gasteiger partial charge in [-0.2, -0.15) is 0 Å². The average Bonchev–Trinajstić information content (AvgIpc) is 2.12. The van der Waals surface area contributed by atoms with Crippen LogP contribution in [-0.2, 0) is 0 Å². The van der Waals surface area contributed by atoms with Gasteiger partial charge in [0.1, 0.15) is 0 Å². The fourth-order valence-corrected chi connectivity index (χ4v) is 1.81. The molecule has 1 heterocycles. The van der Waals surface area contributed by atoms with E-state index in [-0.39, 0.29) is 5.54 Å². The molecule has 1 aliphatic heterocycles. The van der Waals surface area contributed by atoms with Crippen LogP contribution in [0.2, 0.25) is 0 Å². The van der Waals surface area contributed by atoms with Gasteiger partial charge in [0.05, 0.1) is 22.6 Å². The van der Waals surface area contributed by atoms with Crippen LogP contribution in [0.1, 0.15) is 13.8 Å². The lowest BCUT2D eigenvalue weighted by Crippen LogP contribution is -2.50. The van der Waals surface area contributed by atoms with Gasteiger partial charge in [0.25, 0.3) is 0 Å². The molecule has 0 saturated heterocycles. The molecule has 0 unspecified atom stereocenters. The van der Waals surface area contributed by atoms with Crippen molar-refractivity contribution in [3.05, 3.63) is 18.2 Å². The number of nitrogens with one attached hydrogen (secondary N) is 1. The monoisotopic (exact) mass is 191 g/mol. The Morgan fingerprint density at radius 1 is 1.43 bits per heavy atom. The van der Waals surface area contributed by atoms with Crippen LogP contribution in [0.15, 0.2) is 18.2 Å². The Bertz CT molecular complexity index is 358. The number of hydrogen-bond acceptors (Lipinski definition) is 3. The summed E-state index contributed by atoms with van der Waals surface area (Å²) in [5, 5.41) is 3.40. The van der Waals surface area contributed by atoms with Crippen LogP contribution in [0.5, 0.6) is 0 Å². The number of anilines is 3. The van der Waals surface area contributed by atoms with E-state index >= 15 is 0 Å².